The summed E-state index contributed by atoms with van der Waals surface area (Å²) in [7, 11) is 2.06. The van der Waals surface area contributed by atoms with E-state index in [4.69, 9.17) is 0 Å². The van der Waals surface area contributed by atoms with Gasteiger partial charge in [-0.25, -0.2) is 0 Å². The number of phenols is 2. The summed E-state index contributed by atoms with van der Waals surface area (Å²) >= 11 is 0. The van der Waals surface area contributed by atoms with E-state index >= 15 is 0 Å². The first-order chi connectivity index (χ1) is 8.99. The summed E-state index contributed by atoms with van der Waals surface area (Å²) in [6, 6.07) is 4.36. The van der Waals surface area contributed by atoms with E-state index in [1.54, 1.807) is 0 Å². The van der Waals surface area contributed by atoms with Crippen LogP contribution in [0.25, 0.3) is 0 Å². The van der Waals surface area contributed by atoms with Crippen LogP contribution in [0.3, 0.4) is 0 Å². The van der Waals surface area contributed by atoms with Gasteiger partial charge in [0.2, 0.25) is 0 Å². The van der Waals surface area contributed by atoms with E-state index in [9.17, 15) is 15.0 Å². The Bertz CT molecular complexity index is 456. The topological polar surface area (TPSA) is 72.8 Å². The number of carbonyl (C=O) groups is 1. The lowest BCUT2D eigenvalue weighted by Gasteiger charge is -2.35. The van der Waals surface area contributed by atoms with Crippen LogP contribution >= 0.6 is 0 Å². The third-order valence-electron chi connectivity index (χ3n) is 3.67. The highest BCUT2D eigenvalue weighted by Gasteiger charge is 2.27. The number of nitrogens with one attached hydrogen (secondary N) is 1. The summed E-state index contributed by atoms with van der Waals surface area (Å²) in [5.41, 5.74) is -0.0476. The van der Waals surface area contributed by atoms with Crippen molar-refractivity contribution in [2.45, 2.75) is 19.4 Å². The van der Waals surface area contributed by atoms with Gasteiger partial charge in [0.1, 0.15) is 17.1 Å². The normalized spacial score (nSPS) is 24.1. The third kappa shape index (κ3) is 2.98. The molecule has 1 fully saturated rings. The van der Waals surface area contributed by atoms with Crippen LogP contribution in [0.1, 0.15) is 23.7 Å². The van der Waals surface area contributed by atoms with E-state index in [1.807, 2.05) is 0 Å². The molecule has 0 saturated carbocycles. The highest BCUT2D eigenvalue weighted by atomic mass is 16.3. The molecule has 3 N–H and O–H groups in total. The number of nitrogens with zero attached hydrogens (tertiary/aromatic N) is 1. The highest BCUT2D eigenvalue weighted by Crippen LogP contribution is 2.26. The van der Waals surface area contributed by atoms with Crippen LogP contribution in [0.5, 0.6) is 11.5 Å². The van der Waals surface area contributed by atoms with Crippen molar-refractivity contribution in [3.63, 3.8) is 0 Å². The Kier molecular flexibility index (Phi) is 3.95. The van der Waals surface area contributed by atoms with Crippen molar-refractivity contribution in [1.82, 2.24) is 10.2 Å². The number of phenolic OH excluding ortho intramolecular Hbond substituents is 2. The molecule has 104 valence electrons. The van der Waals surface area contributed by atoms with Crippen molar-refractivity contribution >= 4 is 5.91 Å². The molecule has 2 atom stereocenters. The van der Waals surface area contributed by atoms with Gasteiger partial charge in [-0.15, -0.1) is 0 Å². The Morgan fingerprint density at radius 3 is 2.58 bits per heavy atom. The molecule has 1 aliphatic rings. The number of hydrogen-bond acceptors (Lipinski definition) is 4. The molecule has 1 aromatic carbocycles. The Morgan fingerprint density at radius 1 is 1.37 bits per heavy atom. The molecule has 2 unspecified atom stereocenters. The second kappa shape index (κ2) is 5.48. The summed E-state index contributed by atoms with van der Waals surface area (Å²) < 4.78 is 0. The van der Waals surface area contributed by atoms with Crippen molar-refractivity contribution in [2.75, 3.05) is 20.1 Å². The van der Waals surface area contributed by atoms with E-state index in [0.29, 0.717) is 5.92 Å². The van der Waals surface area contributed by atoms with Crippen molar-refractivity contribution in [3.05, 3.63) is 23.8 Å². The van der Waals surface area contributed by atoms with E-state index in [1.165, 1.54) is 18.2 Å². The fourth-order valence-electron chi connectivity index (χ4n) is 2.57. The maximum Gasteiger partial charge on any atom is 0.259 e. The van der Waals surface area contributed by atoms with Crippen molar-refractivity contribution in [2.24, 2.45) is 5.92 Å². The molecule has 0 bridgehead atoms. The number of amides is 1. The molecule has 19 heavy (non-hydrogen) atoms. The predicted molar refractivity (Wildman–Crippen MR) is 72.3 cm³/mol. The molecule has 0 aliphatic carbocycles. The Morgan fingerprint density at radius 2 is 2.00 bits per heavy atom. The molecule has 5 heteroatoms. The molecule has 1 saturated heterocycles. The lowest BCUT2D eigenvalue weighted by atomic mass is 9.94. The largest absolute Gasteiger partial charge is 0.507 e. The minimum atomic E-state index is -0.419. The number of rotatable bonds is 2. The lowest BCUT2D eigenvalue weighted by Crippen LogP contribution is -2.48. The summed E-state index contributed by atoms with van der Waals surface area (Å²) in [6.07, 6.45) is 0.873. The van der Waals surface area contributed by atoms with Crippen LogP contribution in [-0.4, -0.2) is 47.2 Å². The lowest BCUT2D eigenvalue weighted by molar-refractivity contribution is 0.0878. The van der Waals surface area contributed by atoms with Gasteiger partial charge in [0.15, 0.2) is 0 Å². The fraction of sp³-hybridized carbons (Fsp3) is 0.500. The first-order valence-electron chi connectivity index (χ1n) is 6.49. The molecule has 1 aromatic rings. The summed E-state index contributed by atoms with van der Waals surface area (Å²) in [5, 5.41) is 22.2. The fourth-order valence-corrected chi connectivity index (χ4v) is 2.57. The van der Waals surface area contributed by atoms with Crippen molar-refractivity contribution in [3.8, 4) is 11.5 Å². The molecule has 1 amide bonds. The molecule has 2 rings (SSSR count). The first-order valence-corrected chi connectivity index (χ1v) is 6.49. The zero-order chi connectivity index (χ0) is 14.0. The second-order valence-electron chi connectivity index (χ2n) is 5.28. The molecule has 1 heterocycles. The zero-order valence-corrected chi connectivity index (χ0v) is 11.3. The maximum atomic E-state index is 12.1. The number of benzene rings is 1. The average molecular weight is 264 g/mol. The maximum absolute atomic E-state index is 12.1. The molecular formula is C14H20N2O3. The molecule has 0 radical (unpaired) electrons. The van der Waals surface area contributed by atoms with Crippen LogP contribution in [0.15, 0.2) is 18.2 Å². The van der Waals surface area contributed by atoms with Gasteiger partial charge in [0.25, 0.3) is 5.91 Å². The average Bonchev–Trinajstić information content (AvgIpc) is 2.32. The van der Waals surface area contributed by atoms with E-state index in [-0.39, 0.29) is 23.1 Å². The number of likely N-dealkylation sites (tertiary alicyclic amines) is 1. The molecule has 1 aliphatic heterocycles. The monoisotopic (exact) mass is 264 g/mol. The predicted octanol–water partition coefficient (Wildman–Crippen LogP) is 1.17. The van der Waals surface area contributed by atoms with Gasteiger partial charge >= 0.3 is 0 Å². The van der Waals surface area contributed by atoms with Crippen LogP contribution in [-0.2, 0) is 0 Å². The third-order valence-corrected chi connectivity index (χ3v) is 3.67. The minimum Gasteiger partial charge on any atom is -0.507 e. The molecular weight excluding hydrogens is 244 g/mol. The Hall–Kier alpha value is -1.75. The Labute approximate surface area is 112 Å². The number of hydrogen-bond donors (Lipinski definition) is 3. The highest BCUT2D eigenvalue weighted by molar-refractivity contribution is 5.99. The van der Waals surface area contributed by atoms with Gasteiger partial charge in [-0.05, 0) is 38.1 Å². The van der Waals surface area contributed by atoms with Crippen LogP contribution in [0.2, 0.25) is 0 Å². The van der Waals surface area contributed by atoms with E-state index < -0.39 is 5.91 Å². The SMILES string of the molecule is CC1CN(C)CCC1NC(=O)c1c(O)cccc1O. The number of piperidine rings is 1. The molecule has 5 nitrogen and oxygen atoms in total. The summed E-state index contributed by atoms with van der Waals surface area (Å²) in [6.45, 7) is 3.95. The smallest absolute Gasteiger partial charge is 0.259 e. The van der Waals surface area contributed by atoms with E-state index in [0.717, 1.165) is 19.5 Å². The quantitative estimate of drug-likeness (QED) is 0.749. The van der Waals surface area contributed by atoms with Gasteiger partial charge < -0.3 is 20.4 Å². The number of carbonyl (C=O) groups excluding carboxylic acids is 1. The summed E-state index contributed by atoms with van der Waals surface area (Å²) in [5.74, 6) is -0.469. The van der Waals surface area contributed by atoms with Crippen LogP contribution in [0, 0.1) is 5.92 Å². The van der Waals surface area contributed by atoms with Gasteiger partial charge in [-0.2, -0.15) is 0 Å². The Balaban J connectivity index is 2.09. The van der Waals surface area contributed by atoms with Gasteiger partial charge in [0.05, 0.1) is 0 Å². The van der Waals surface area contributed by atoms with Crippen LogP contribution in [0.4, 0.5) is 0 Å². The zero-order valence-electron chi connectivity index (χ0n) is 11.3. The first kappa shape index (κ1) is 13.7. The van der Waals surface area contributed by atoms with E-state index in [2.05, 4.69) is 24.2 Å². The molecule has 0 spiro atoms. The standard InChI is InChI=1S/C14H20N2O3/c1-9-8-16(2)7-6-10(9)15-14(19)13-11(17)4-3-5-12(13)18/h3-5,9-10,17-18H,6-8H2,1-2H3,(H,15,19). The minimum absolute atomic E-state index is 0.0476. The van der Waals surface area contributed by atoms with Gasteiger partial charge in [-0.3, -0.25) is 4.79 Å². The van der Waals surface area contributed by atoms with Gasteiger partial charge in [0, 0.05) is 12.6 Å². The number of aromatic hydroxyl groups is 2. The second-order valence-corrected chi connectivity index (χ2v) is 5.28. The van der Waals surface area contributed by atoms with Crippen molar-refractivity contribution < 1.29 is 15.0 Å². The van der Waals surface area contributed by atoms with Crippen LogP contribution < -0.4 is 5.32 Å². The van der Waals surface area contributed by atoms with Crippen molar-refractivity contribution in [1.29, 1.82) is 0 Å². The molecule has 0 aromatic heterocycles. The van der Waals surface area contributed by atoms with Gasteiger partial charge in [-0.1, -0.05) is 13.0 Å². The summed E-state index contributed by atoms with van der Waals surface area (Å²) in [4.78, 5) is 14.4.